The van der Waals surface area contributed by atoms with Crippen LogP contribution in [0.4, 0.5) is 0 Å². The van der Waals surface area contributed by atoms with E-state index in [9.17, 15) is 0 Å². The summed E-state index contributed by atoms with van der Waals surface area (Å²) in [5.74, 6) is 1.86. The Morgan fingerprint density at radius 3 is 2.28 bits per heavy atom. The summed E-state index contributed by atoms with van der Waals surface area (Å²) >= 11 is 4.04. The molecule has 3 saturated heterocycles. The number of hydrogen-bond donors (Lipinski definition) is 0. The van der Waals surface area contributed by atoms with Crippen LogP contribution in [-0.2, 0) is 18.6 Å². The average molecular weight is 407 g/mol. The van der Waals surface area contributed by atoms with Crippen molar-refractivity contribution in [2.45, 2.75) is 94.0 Å². The zero-order valence-electron chi connectivity index (χ0n) is 16.7. The molecule has 7 heteroatoms. The van der Waals surface area contributed by atoms with Gasteiger partial charge in [0, 0.05) is 0 Å². The lowest BCUT2D eigenvalue weighted by Crippen LogP contribution is -2.60. The van der Waals surface area contributed by atoms with E-state index >= 15 is 0 Å². The summed E-state index contributed by atoms with van der Waals surface area (Å²) < 4.78 is 26.1. The smallest absolute Gasteiger partial charge is 0.192 e. The van der Waals surface area contributed by atoms with Crippen molar-refractivity contribution in [2.75, 3.05) is 18.1 Å². The second kappa shape index (κ2) is 7.30. The molecule has 0 bridgehead atoms. The number of thioether (sulfide) groups is 2. The summed E-state index contributed by atoms with van der Waals surface area (Å²) in [6.45, 7) is 16.1. The Morgan fingerprint density at radius 1 is 1.04 bits per heavy atom. The quantitative estimate of drug-likeness (QED) is 0.643. The number of ether oxygens (including phenoxy) is 3. The van der Waals surface area contributed by atoms with Crippen molar-refractivity contribution in [1.82, 2.24) is 0 Å². The summed E-state index contributed by atoms with van der Waals surface area (Å²) in [5.41, 5.74) is 0. The molecule has 3 rings (SSSR count). The van der Waals surface area contributed by atoms with Crippen LogP contribution in [0.25, 0.3) is 0 Å². The minimum atomic E-state index is -1.94. The predicted octanol–water partition coefficient (Wildman–Crippen LogP) is 4.49. The van der Waals surface area contributed by atoms with E-state index in [0.717, 1.165) is 0 Å². The maximum Gasteiger partial charge on any atom is 0.192 e. The third kappa shape index (κ3) is 4.44. The molecular formula is C18H34O4S2Si. The van der Waals surface area contributed by atoms with Crippen LogP contribution in [-0.4, -0.2) is 61.2 Å². The monoisotopic (exact) mass is 406 g/mol. The number of fused-ring (bicyclic) bond motifs is 1. The fourth-order valence-corrected chi connectivity index (χ4v) is 7.72. The zero-order valence-corrected chi connectivity index (χ0v) is 19.3. The van der Waals surface area contributed by atoms with Gasteiger partial charge in [0.15, 0.2) is 14.1 Å². The zero-order chi connectivity index (χ0) is 18.5. The third-order valence-electron chi connectivity index (χ3n) is 5.68. The SMILES string of the molecule is CC1(C)O[C@H]2[C@H](O[Si](C)(C)C(C)(C)C)[C@@H](C3SCCCS3)OC[C@H]2O1. The van der Waals surface area contributed by atoms with E-state index in [-0.39, 0.29) is 29.5 Å². The van der Waals surface area contributed by atoms with E-state index in [4.69, 9.17) is 18.6 Å². The summed E-state index contributed by atoms with van der Waals surface area (Å²) in [7, 11) is -1.94. The number of hydrogen-bond acceptors (Lipinski definition) is 6. The fourth-order valence-electron chi connectivity index (χ4n) is 3.34. The summed E-state index contributed by atoms with van der Waals surface area (Å²) in [4.78, 5) is 0. The van der Waals surface area contributed by atoms with E-state index in [1.165, 1.54) is 17.9 Å². The van der Waals surface area contributed by atoms with E-state index in [1.54, 1.807) is 0 Å². The first-order valence-corrected chi connectivity index (χ1v) is 14.4. The van der Waals surface area contributed by atoms with Crippen LogP contribution < -0.4 is 0 Å². The lowest BCUT2D eigenvalue weighted by Gasteiger charge is -2.47. The highest BCUT2D eigenvalue weighted by Crippen LogP contribution is 2.45. The molecule has 0 N–H and O–H groups in total. The normalized spacial score (nSPS) is 37.1. The van der Waals surface area contributed by atoms with Gasteiger partial charge in [-0.2, -0.15) is 0 Å². The Labute approximate surface area is 162 Å². The lowest BCUT2D eigenvalue weighted by molar-refractivity contribution is -0.155. The van der Waals surface area contributed by atoms with E-state index in [0.29, 0.717) is 11.2 Å². The molecule has 0 aromatic rings. The highest BCUT2D eigenvalue weighted by Gasteiger charge is 2.55. The van der Waals surface area contributed by atoms with Crippen LogP contribution in [0.15, 0.2) is 0 Å². The van der Waals surface area contributed by atoms with Gasteiger partial charge in [0.05, 0.1) is 11.2 Å². The largest absolute Gasteiger partial charge is 0.408 e. The van der Waals surface area contributed by atoms with Gasteiger partial charge in [-0.05, 0) is 49.9 Å². The van der Waals surface area contributed by atoms with Gasteiger partial charge in [0.2, 0.25) is 0 Å². The molecule has 3 aliphatic heterocycles. The summed E-state index contributed by atoms with van der Waals surface area (Å²) in [6.07, 6.45) is 1.24. The molecule has 0 radical (unpaired) electrons. The van der Waals surface area contributed by atoms with Gasteiger partial charge >= 0.3 is 0 Å². The van der Waals surface area contributed by atoms with Gasteiger partial charge < -0.3 is 18.6 Å². The number of rotatable bonds is 3. The van der Waals surface area contributed by atoms with Crippen molar-refractivity contribution in [3.05, 3.63) is 0 Å². The molecule has 25 heavy (non-hydrogen) atoms. The maximum absolute atomic E-state index is 6.90. The van der Waals surface area contributed by atoms with E-state index in [1.807, 2.05) is 37.4 Å². The van der Waals surface area contributed by atoms with Gasteiger partial charge in [-0.25, -0.2) is 0 Å². The van der Waals surface area contributed by atoms with E-state index < -0.39 is 14.1 Å². The predicted molar refractivity (Wildman–Crippen MR) is 109 cm³/mol. The molecule has 0 unspecified atom stereocenters. The molecular weight excluding hydrogens is 372 g/mol. The van der Waals surface area contributed by atoms with Crippen LogP contribution in [0.1, 0.15) is 41.0 Å². The van der Waals surface area contributed by atoms with E-state index in [2.05, 4.69) is 33.9 Å². The van der Waals surface area contributed by atoms with Crippen molar-refractivity contribution in [2.24, 2.45) is 0 Å². The fraction of sp³-hybridized carbons (Fsp3) is 1.00. The first-order chi connectivity index (χ1) is 11.5. The van der Waals surface area contributed by atoms with Gasteiger partial charge in [-0.3, -0.25) is 0 Å². The van der Waals surface area contributed by atoms with Gasteiger partial charge in [-0.15, -0.1) is 23.5 Å². The maximum atomic E-state index is 6.90. The molecule has 0 saturated carbocycles. The minimum absolute atomic E-state index is 0.0281. The average Bonchev–Trinajstić information content (AvgIpc) is 2.82. The van der Waals surface area contributed by atoms with Crippen molar-refractivity contribution in [1.29, 1.82) is 0 Å². The van der Waals surface area contributed by atoms with Crippen molar-refractivity contribution >= 4 is 31.8 Å². The molecule has 0 spiro atoms. The minimum Gasteiger partial charge on any atom is -0.408 e. The first-order valence-electron chi connectivity index (χ1n) is 9.38. The molecule has 4 atom stereocenters. The lowest BCUT2D eigenvalue weighted by atomic mass is 10.0. The van der Waals surface area contributed by atoms with Crippen LogP contribution in [0.5, 0.6) is 0 Å². The molecule has 3 aliphatic rings. The first kappa shape index (κ1) is 20.5. The molecule has 3 fully saturated rings. The van der Waals surface area contributed by atoms with Crippen molar-refractivity contribution < 1.29 is 18.6 Å². The van der Waals surface area contributed by atoms with Gasteiger partial charge in [-0.1, -0.05) is 20.8 Å². The second-order valence-corrected chi connectivity index (χ2v) is 16.8. The van der Waals surface area contributed by atoms with Gasteiger partial charge in [0.25, 0.3) is 0 Å². The van der Waals surface area contributed by atoms with Crippen LogP contribution in [0, 0.1) is 0 Å². The summed E-state index contributed by atoms with van der Waals surface area (Å²) in [5, 5.41) is 0.159. The Balaban J connectivity index is 1.84. The Hall–Kier alpha value is 0.757. The van der Waals surface area contributed by atoms with Crippen LogP contribution in [0.3, 0.4) is 0 Å². The summed E-state index contributed by atoms with van der Waals surface area (Å²) in [6, 6.07) is 0. The highest BCUT2D eigenvalue weighted by molar-refractivity contribution is 8.17. The topological polar surface area (TPSA) is 36.9 Å². The van der Waals surface area contributed by atoms with Crippen LogP contribution in [0.2, 0.25) is 18.1 Å². The molecule has 4 nitrogen and oxygen atoms in total. The third-order valence-corrected chi connectivity index (χ3v) is 13.2. The van der Waals surface area contributed by atoms with Crippen molar-refractivity contribution in [3.8, 4) is 0 Å². The molecule has 0 aromatic carbocycles. The molecule has 0 aromatic heterocycles. The Bertz CT molecular complexity index is 474. The highest BCUT2D eigenvalue weighted by atomic mass is 32.2. The van der Waals surface area contributed by atoms with Crippen molar-refractivity contribution in [3.63, 3.8) is 0 Å². The van der Waals surface area contributed by atoms with Gasteiger partial charge in [0.1, 0.15) is 24.4 Å². The standard InChI is InChI=1S/C18H34O4S2Si/c1-17(2,3)25(6,7)22-14-13-12(20-18(4,5)21-13)11-19-15(14)16-23-9-8-10-24-16/h12-16H,8-11H2,1-7H3/t12-,13-,14+,15+/m1/s1. The molecule has 0 amide bonds. The molecule has 3 heterocycles. The molecule has 146 valence electrons. The molecule has 0 aliphatic carbocycles. The Kier molecular flexibility index (Phi) is 5.98. The van der Waals surface area contributed by atoms with Crippen LogP contribution >= 0.6 is 23.5 Å². The second-order valence-electron chi connectivity index (χ2n) is 9.24. The Morgan fingerprint density at radius 2 is 1.68 bits per heavy atom.